The molecule has 0 unspecified atom stereocenters. The van der Waals surface area contributed by atoms with Crippen molar-refractivity contribution in [1.82, 2.24) is 10.6 Å². The van der Waals surface area contributed by atoms with Gasteiger partial charge in [-0.2, -0.15) is 0 Å². The summed E-state index contributed by atoms with van der Waals surface area (Å²) < 4.78 is 10.2. The molecule has 164 valence electrons. The number of amides is 2. The van der Waals surface area contributed by atoms with Crippen LogP contribution in [0.15, 0.2) is 0 Å². The Morgan fingerprint density at radius 1 is 0.966 bits per heavy atom. The van der Waals surface area contributed by atoms with Crippen LogP contribution in [0.5, 0.6) is 0 Å². The molecule has 4 aliphatic carbocycles. The first-order chi connectivity index (χ1) is 13.6. The van der Waals surface area contributed by atoms with Gasteiger partial charge in [-0.15, -0.1) is 0 Å². The van der Waals surface area contributed by atoms with Crippen LogP contribution in [0.1, 0.15) is 72.1 Å². The minimum Gasteiger partial charge on any atom is -0.456 e. The molecule has 4 saturated carbocycles. The molecule has 4 bridgehead atoms. The summed E-state index contributed by atoms with van der Waals surface area (Å²) in [5.74, 6) is 1.91. The maximum Gasteiger partial charge on any atom is 0.407 e. The molecule has 4 aliphatic rings. The lowest BCUT2D eigenvalue weighted by Gasteiger charge is -2.56. The quantitative estimate of drug-likeness (QED) is 0.475. The molecular formula is C22H36N2O5. The van der Waals surface area contributed by atoms with Gasteiger partial charge in [-0.3, -0.25) is 9.59 Å². The summed E-state index contributed by atoms with van der Waals surface area (Å²) in [6, 6.07) is 0. The highest BCUT2D eigenvalue weighted by Crippen LogP contribution is 2.59. The van der Waals surface area contributed by atoms with Gasteiger partial charge >= 0.3 is 12.1 Å². The minimum absolute atomic E-state index is 0.151. The van der Waals surface area contributed by atoms with E-state index in [-0.39, 0.29) is 24.3 Å². The lowest BCUT2D eigenvalue weighted by Crippen LogP contribution is -2.51. The van der Waals surface area contributed by atoms with Crippen molar-refractivity contribution in [2.24, 2.45) is 23.2 Å². The second kappa shape index (κ2) is 8.92. The molecule has 0 radical (unpaired) electrons. The predicted molar refractivity (Wildman–Crippen MR) is 108 cm³/mol. The van der Waals surface area contributed by atoms with E-state index >= 15 is 0 Å². The van der Waals surface area contributed by atoms with Crippen molar-refractivity contribution < 1.29 is 23.9 Å². The van der Waals surface area contributed by atoms with E-state index in [4.69, 9.17) is 9.47 Å². The highest BCUT2D eigenvalue weighted by Gasteiger charge is 2.50. The monoisotopic (exact) mass is 408 g/mol. The lowest BCUT2D eigenvalue weighted by molar-refractivity contribution is -0.149. The Morgan fingerprint density at radius 2 is 1.55 bits per heavy atom. The number of hydrogen-bond acceptors (Lipinski definition) is 5. The third-order valence-electron chi connectivity index (χ3n) is 6.42. The Morgan fingerprint density at radius 3 is 2.10 bits per heavy atom. The molecule has 4 rings (SSSR count). The van der Waals surface area contributed by atoms with Crippen LogP contribution < -0.4 is 10.6 Å². The maximum absolute atomic E-state index is 12.1. The van der Waals surface area contributed by atoms with Gasteiger partial charge < -0.3 is 20.1 Å². The zero-order chi connectivity index (χ0) is 21.1. The fraction of sp³-hybridized carbons (Fsp3) is 0.864. The first kappa shape index (κ1) is 21.9. The van der Waals surface area contributed by atoms with Gasteiger partial charge in [0.1, 0.15) is 5.60 Å². The molecule has 0 heterocycles. The SMILES string of the molecule is CC(C)(C)OC(=O)NCCCC(=O)OCC(=O)NCC12CC3CC(CC(C3)C1)C2. The molecule has 0 aliphatic heterocycles. The largest absolute Gasteiger partial charge is 0.456 e. The van der Waals surface area contributed by atoms with Crippen molar-refractivity contribution in [1.29, 1.82) is 0 Å². The molecule has 0 saturated heterocycles. The maximum atomic E-state index is 12.1. The van der Waals surface area contributed by atoms with E-state index in [2.05, 4.69) is 10.6 Å². The second-order valence-corrected chi connectivity index (χ2v) is 10.4. The van der Waals surface area contributed by atoms with Gasteiger partial charge in [-0.25, -0.2) is 4.79 Å². The summed E-state index contributed by atoms with van der Waals surface area (Å²) in [6.07, 6.45) is 7.95. The van der Waals surface area contributed by atoms with Crippen LogP contribution in [0, 0.1) is 23.2 Å². The Balaban J connectivity index is 1.26. The summed E-state index contributed by atoms with van der Waals surface area (Å²) in [5.41, 5.74) is -0.270. The Kier molecular flexibility index (Phi) is 6.74. The summed E-state index contributed by atoms with van der Waals surface area (Å²) in [5, 5.41) is 5.60. The first-order valence-corrected chi connectivity index (χ1v) is 11.0. The van der Waals surface area contributed by atoms with Gasteiger partial charge in [0.05, 0.1) is 0 Å². The molecule has 0 aromatic heterocycles. The Bertz CT molecular complexity index is 590. The van der Waals surface area contributed by atoms with E-state index in [9.17, 15) is 14.4 Å². The van der Waals surface area contributed by atoms with Crippen molar-refractivity contribution >= 4 is 18.0 Å². The fourth-order valence-corrected chi connectivity index (χ4v) is 5.80. The number of ether oxygens (including phenoxy) is 2. The molecule has 0 atom stereocenters. The van der Waals surface area contributed by atoms with Crippen LogP contribution in [0.25, 0.3) is 0 Å². The van der Waals surface area contributed by atoms with Crippen molar-refractivity contribution in [3.8, 4) is 0 Å². The van der Waals surface area contributed by atoms with Crippen molar-refractivity contribution in [3.63, 3.8) is 0 Å². The number of carbonyl (C=O) groups excluding carboxylic acids is 3. The zero-order valence-corrected chi connectivity index (χ0v) is 18.1. The smallest absolute Gasteiger partial charge is 0.407 e. The van der Waals surface area contributed by atoms with Gasteiger partial charge in [-0.05, 0) is 88.9 Å². The Labute approximate surface area is 173 Å². The van der Waals surface area contributed by atoms with E-state index < -0.39 is 17.7 Å². The fourth-order valence-electron chi connectivity index (χ4n) is 5.80. The highest BCUT2D eigenvalue weighted by atomic mass is 16.6. The van der Waals surface area contributed by atoms with Crippen LogP contribution in [-0.4, -0.2) is 43.3 Å². The lowest BCUT2D eigenvalue weighted by atomic mass is 9.49. The second-order valence-electron chi connectivity index (χ2n) is 10.4. The van der Waals surface area contributed by atoms with Crippen LogP contribution in [-0.2, 0) is 19.1 Å². The minimum atomic E-state index is -0.549. The van der Waals surface area contributed by atoms with E-state index in [1.807, 2.05) is 0 Å². The molecule has 4 fully saturated rings. The van der Waals surface area contributed by atoms with Gasteiger partial charge in [0.15, 0.2) is 6.61 Å². The van der Waals surface area contributed by atoms with Crippen LogP contribution in [0.4, 0.5) is 4.79 Å². The molecule has 0 aromatic carbocycles. The summed E-state index contributed by atoms with van der Waals surface area (Å²) in [6.45, 7) is 6.17. The summed E-state index contributed by atoms with van der Waals surface area (Å²) in [4.78, 5) is 35.4. The number of rotatable bonds is 8. The summed E-state index contributed by atoms with van der Waals surface area (Å²) >= 11 is 0. The standard InChI is InChI=1S/C22H36N2O5/c1-21(2,3)29-20(27)23-6-4-5-19(26)28-13-18(25)24-14-22-10-15-7-16(11-22)9-17(8-15)12-22/h15-17H,4-14H2,1-3H3,(H,23,27)(H,24,25). The molecule has 7 heteroatoms. The van der Waals surface area contributed by atoms with E-state index in [1.54, 1.807) is 20.8 Å². The molecule has 0 spiro atoms. The van der Waals surface area contributed by atoms with E-state index in [0.29, 0.717) is 19.5 Å². The topological polar surface area (TPSA) is 93.7 Å². The normalized spacial score (nSPS) is 30.0. The Hall–Kier alpha value is -1.79. The zero-order valence-electron chi connectivity index (χ0n) is 18.1. The number of esters is 1. The summed E-state index contributed by atoms with van der Waals surface area (Å²) in [7, 11) is 0. The van der Waals surface area contributed by atoms with E-state index in [1.165, 1.54) is 38.5 Å². The van der Waals surface area contributed by atoms with E-state index in [0.717, 1.165) is 17.8 Å². The number of nitrogens with one attached hydrogen (secondary N) is 2. The number of hydrogen-bond donors (Lipinski definition) is 2. The highest BCUT2D eigenvalue weighted by molar-refractivity contribution is 5.80. The third-order valence-corrected chi connectivity index (χ3v) is 6.42. The van der Waals surface area contributed by atoms with Gasteiger partial charge in [-0.1, -0.05) is 0 Å². The predicted octanol–water partition coefficient (Wildman–Crippen LogP) is 3.17. The van der Waals surface area contributed by atoms with Crippen molar-refractivity contribution in [3.05, 3.63) is 0 Å². The number of alkyl carbamates (subject to hydrolysis) is 1. The van der Waals surface area contributed by atoms with Gasteiger partial charge in [0, 0.05) is 19.5 Å². The van der Waals surface area contributed by atoms with Crippen LogP contribution in [0.2, 0.25) is 0 Å². The van der Waals surface area contributed by atoms with Crippen LogP contribution >= 0.6 is 0 Å². The molecule has 2 amide bonds. The first-order valence-electron chi connectivity index (χ1n) is 11.0. The molecule has 7 nitrogen and oxygen atoms in total. The van der Waals surface area contributed by atoms with Gasteiger partial charge in [0.2, 0.25) is 0 Å². The third kappa shape index (κ3) is 6.61. The van der Waals surface area contributed by atoms with Crippen LogP contribution in [0.3, 0.4) is 0 Å². The molecular weight excluding hydrogens is 372 g/mol. The van der Waals surface area contributed by atoms with Gasteiger partial charge in [0.25, 0.3) is 5.91 Å². The van der Waals surface area contributed by atoms with Crippen molar-refractivity contribution in [2.75, 3.05) is 19.7 Å². The molecule has 0 aromatic rings. The molecule has 29 heavy (non-hydrogen) atoms. The average molecular weight is 409 g/mol. The average Bonchev–Trinajstić information content (AvgIpc) is 2.59. The molecule has 2 N–H and O–H groups in total. The van der Waals surface area contributed by atoms with Crippen molar-refractivity contribution in [2.45, 2.75) is 77.7 Å². The number of carbonyl (C=O) groups is 3.